The standard InChI is InChI=1S/C22H21N5O/c1-14-12-15(21-25-18-10-6-7-11-19(18)27(21)2)13-17(23)20(14)26-22(28)24-16-8-4-3-5-9-16/h3-13H,23H2,1-2H3,(H2,24,26,28). The van der Waals surface area contributed by atoms with Gasteiger partial charge in [0.2, 0.25) is 0 Å². The van der Waals surface area contributed by atoms with E-state index in [0.29, 0.717) is 17.1 Å². The molecule has 0 aliphatic rings. The molecule has 0 saturated carbocycles. The number of carbonyl (C=O) groups excluding carboxylic acids is 1. The van der Waals surface area contributed by atoms with E-state index in [1.54, 1.807) is 0 Å². The van der Waals surface area contributed by atoms with Crippen LogP contribution < -0.4 is 16.4 Å². The van der Waals surface area contributed by atoms with Crippen molar-refractivity contribution in [3.8, 4) is 11.4 Å². The zero-order valence-corrected chi connectivity index (χ0v) is 15.7. The largest absolute Gasteiger partial charge is 0.397 e. The van der Waals surface area contributed by atoms with Gasteiger partial charge in [0.05, 0.1) is 22.4 Å². The summed E-state index contributed by atoms with van der Waals surface area (Å²) < 4.78 is 2.04. The Morgan fingerprint density at radius 2 is 1.71 bits per heavy atom. The van der Waals surface area contributed by atoms with Gasteiger partial charge in [0.25, 0.3) is 0 Å². The van der Waals surface area contributed by atoms with E-state index < -0.39 is 0 Å². The second-order valence-corrected chi connectivity index (χ2v) is 6.69. The molecular weight excluding hydrogens is 350 g/mol. The smallest absolute Gasteiger partial charge is 0.323 e. The van der Waals surface area contributed by atoms with Crippen LogP contribution in [0.25, 0.3) is 22.4 Å². The lowest BCUT2D eigenvalue weighted by Gasteiger charge is -2.14. The van der Waals surface area contributed by atoms with Gasteiger partial charge in [-0.15, -0.1) is 0 Å². The van der Waals surface area contributed by atoms with Crippen LogP contribution in [0.3, 0.4) is 0 Å². The van der Waals surface area contributed by atoms with E-state index in [9.17, 15) is 4.79 Å². The number of nitrogens with zero attached hydrogens (tertiary/aromatic N) is 2. The van der Waals surface area contributed by atoms with E-state index in [2.05, 4.69) is 10.6 Å². The molecule has 28 heavy (non-hydrogen) atoms. The van der Waals surface area contributed by atoms with Gasteiger partial charge in [0.1, 0.15) is 5.82 Å². The van der Waals surface area contributed by atoms with E-state index in [1.165, 1.54) is 0 Å². The molecule has 3 aromatic carbocycles. The number of benzene rings is 3. The number of aryl methyl sites for hydroxylation is 2. The summed E-state index contributed by atoms with van der Waals surface area (Å²) in [5.74, 6) is 0.830. The highest BCUT2D eigenvalue weighted by Gasteiger charge is 2.14. The average Bonchev–Trinajstić information content (AvgIpc) is 3.02. The summed E-state index contributed by atoms with van der Waals surface area (Å²) in [6.07, 6.45) is 0. The van der Waals surface area contributed by atoms with Crippen molar-refractivity contribution < 1.29 is 4.79 Å². The number of hydrogen-bond acceptors (Lipinski definition) is 3. The maximum Gasteiger partial charge on any atom is 0.323 e. The number of nitrogens with two attached hydrogens (primary N) is 1. The Morgan fingerprint density at radius 3 is 2.43 bits per heavy atom. The van der Waals surface area contributed by atoms with Crippen molar-refractivity contribution in [2.75, 3.05) is 16.4 Å². The number of urea groups is 1. The van der Waals surface area contributed by atoms with Gasteiger partial charge < -0.3 is 20.9 Å². The van der Waals surface area contributed by atoms with Gasteiger partial charge in [-0.1, -0.05) is 30.3 Å². The molecule has 1 heterocycles. The molecule has 0 radical (unpaired) electrons. The topological polar surface area (TPSA) is 85.0 Å². The quantitative estimate of drug-likeness (QED) is 0.453. The van der Waals surface area contributed by atoms with Crippen LogP contribution in [0.4, 0.5) is 21.9 Å². The van der Waals surface area contributed by atoms with Crippen molar-refractivity contribution in [3.05, 3.63) is 72.3 Å². The molecule has 0 fully saturated rings. The van der Waals surface area contributed by atoms with Crippen molar-refractivity contribution in [1.82, 2.24) is 9.55 Å². The van der Waals surface area contributed by atoms with Gasteiger partial charge in [0.15, 0.2) is 0 Å². The number of nitrogens with one attached hydrogen (secondary N) is 2. The van der Waals surface area contributed by atoms with Gasteiger partial charge >= 0.3 is 6.03 Å². The van der Waals surface area contributed by atoms with Crippen molar-refractivity contribution >= 4 is 34.1 Å². The van der Waals surface area contributed by atoms with Gasteiger partial charge in [0, 0.05) is 18.3 Å². The minimum Gasteiger partial charge on any atom is -0.397 e. The van der Waals surface area contributed by atoms with E-state index in [1.807, 2.05) is 85.3 Å². The van der Waals surface area contributed by atoms with Crippen molar-refractivity contribution in [2.24, 2.45) is 7.05 Å². The minimum absolute atomic E-state index is 0.337. The zero-order chi connectivity index (χ0) is 19.7. The maximum atomic E-state index is 12.3. The fourth-order valence-corrected chi connectivity index (χ4v) is 3.32. The number of imidazole rings is 1. The monoisotopic (exact) mass is 371 g/mol. The van der Waals surface area contributed by atoms with E-state index in [4.69, 9.17) is 10.7 Å². The summed E-state index contributed by atoms with van der Waals surface area (Å²) in [4.78, 5) is 17.0. The molecule has 0 unspecified atom stereocenters. The highest BCUT2D eigenvalue weighted by atomic mass is 16.2. The van der Waals surface area contributed by atoms with E-state index in [-0.39, 0.29) is 6.03 Å². The van der Waals surface area contributed by atoms with Crippen molar-refractivity contribution in [3.63, 3.8) is 0 Å². The first kappa shape index (κ1) is 17.6. The molecular formula is C22H21N5O. The number of amides is 2. The van der Waals surface area contributed by atoms with Crippen molar-refractivity contribution in [1.29, 1.82) is 0 Å². The highest BCUT2D eigenvalue weighted by molar-refractivity contribution is 6.02. The maximum absolute atomic E-state index is 12.3. The predicted molar refractivity (Wildman–Crippen MR) is 114 cm³/mol. The Morgan fingerprint density at radius 1 is 1.00 bits per heavy atom. The Balaban J connectivity index is 1.63. The number of nitrogen functional groups attached to an aromatic ring is 1. The molecule has 140 valence electrons. The number of anilines is 3. The number of hydrogen-bond donors (Lipinski definition) is 3. The summed E-state index contributed by atoms with van der Waals surface area (Å²) in [6.45, 7) is 1.92. The third kappa shape index (κ3) is 3.27. The van der Waals surface area contributed by atoms with Gasteiger partial charge in [-0.3, -0.25) is 0 Å². The normalized spacial score (nSPS) is 10.8. The summed E-state index contributed by atoms with van der Waals surface area (Å²) in [7, 11) is 1.98. The van der Waals surface area contributed by atoms with Crippen LogP contribution >= 0.6 is 0 Å². The lowest BCUT2D eigenvalue weighted by molar-refractivity contribution is 0.262. The number of fused-ring (bicyclic) bond motifs is 1. The van der Waals surface area contributed by atoms with Gasteiger partial charge in [-0.2, -0.15) is 0 Å². The number of aromatic nitrogens is 2. The summed E-state index contributed by atoms with van der Waals surface area (Å²) >= 11 is 0. The Labute approximate surface area is 163 Å². The number of rotatable bonds is 3. The third-order valence-electron chi connectivity index (χ3n) is 4.68. The lowest BCUT2D eigenvalue weighted by Crippen LogP contribution is -2.20. The Kier molecular flexibility index (Phi) is 4.45. The Bertz CT molecular complexity index is 1140. The van der Waals surface area contributed by atoms with Crippen LogP contribution in [0.15, 0.2) is 66.7 Å². The molecule has 0 bridgehead atoms. The van der Waals surface area contributed by atoms with E-state index >= 15 is 0 Å². The first-order chi connectivity index (χ1) is 13.5. The molecule has 0 saturated heterocycles. The van der Waals surface area contributed by atoms with Crippen LogP contribution in [0.2, 0.25) is 0 Å². The first-order valence-electron chi connectivity index (χ1n) is 8.98. The van der Waals surface area contributed by atoms with Gasteiger partial charge in [-0.05, 0) is 48.9 Å². The second-order valence-electron chi connectivity index (χ2n) is 6.69. The fourth-order valence-electron chi connectivity index (χ4n) is 3.32. The zero-order valence-electron chi connectivity index (χ0n) is 15.7. The molecule has 0 atom stereocenters. The lowest BCUT2D eigenvalue weighted by atomic mass is 10.1. The van der Waals surface area contributed by atoms with Crippen LogP contribution in [-0.4, -0.2) is 15.6 Å². The van der Waals surface area contributed by atoms with Crippen LogP contribution in [0, 0.1) is 6.92 Å². The first-order valence-corrected chi connectivity index (χ1v) is 8.98. The predicted octanol–water partition coefficient (Wildman–Crippen LogP) is 4.77. The molecule has 0 aliphatic heterocycles. The molecule has 0 aliphatic carbocycles. The molecule has 0 spiro atoms. The second kappa shape index (κ2) is 7.08. The summed E-state index contributed by atoms with van der Waals surface area (Å²) in [5.41, 5.74) is 11.8. The van der Waals surface area contributed by atoms with Crippen molar-refractivity contribution in [2.45, 2.75) is 6.92 Å². The molecule has 4 aromatic rings. The molecule has 1 aromatic heterocycles. The third-order valence-corrected chi connectivity index (χ3v) is 4.68. The average molecular weight is 371 g/mol. The Hall–Kier alpha value is -3.80. The molecule has 2 amide bonds. The molecule has 6 heteroatoms. The SMILES string of the molecule is Cc1cc(-c2nc3ccccc3n2C)cc(N)c1NC(=O)Nc1ccccc1. The van der Waals surface area contributed by atoms with Crippen LogP contribution in [-0.2, 0) is 7.05 Å². The van der Waals surface area contributed by atoms with Crippen LogP contribution in [0.1, 0.15) is 5.56 Å². The number of carbonyl (C=O) groups is 1. The van der Waals surface area contributed by atoms with E-state index in [0.717, 1.165) is 28.0 Å². The van der Waals surface area contributed by atoms with Gasteiger partial charge in [-0.25, -0.2) is 9.78 Å². The molecule has 4 rings (SSSR count). The van der Waals surface area contributed by atoms with Crippen LogP contribution in [0.5, 0.6) is 0 Å². The molecule has 4 N–H and O–H groups in total. The number of para-hydroxylation sites is 3. The minimum atomic E-state index is -0.337. The summed E-state index contributed by atoms with van der Waals surface area (Å²) in [6, 6.07) is 20.7. The fraction of sp³-hybridized carbons (Fsp3) is 0.0909. The molecule has 6 nitrogen and oxygen atoms in total. The summed E-state index contributed by atoms with van der Waals surface area (Å²) in [5, 5.41) is 5.64. The highest BCUT2D eigenvalue weighted by Crippen LogP contribution is 2.31.